The maximum Gasteiger partial charge on any atom is 0.323 e. The lowest BCUT2D eigenvalue weighted by molar-refractivity contribution is -0.137. The van der Waals surface area contributed by atoms with Crippen LogP contribution >= 0.6 is 35.8 Å². The highest BCUT2D eigenvalue weighted by molar-refractivity contribution is 7.80. The molecule has 1 amide bonds. The number of hydrogen-bond donors (Lipinski definition) is 2. The van der Waals surface area contributed by atoms with E-state index in [9.17, 15) is 14.7 Å². The van der Waals surface area contributed by atoms with Crippen molar-refractivity contribution in [2.24, 2.45) is 0 Å². The van der Waals surface area contributed by atoms with Crippen molar-refractivity contribution in [1.82, 2.24) is 9.47 Å². The molecule has 2 aromatic carbocycles. The predicted molar refractivity (Wildman–Crippen MR) is 176 cm³/mol. The van der Waals surface area contributed by atoms with Gasteiger partial charge in [-0.2, -0.15) is 0 Å². The first-order chi connectivity index (χ1) is 20.7. The van der Waals surface area contributed by atoms with Gasteiger partial charge < -0.3 is 19.8 Å². The third-order valence-electron chi connectivity index (χ3n) is 7.76. The van der Waals surface area contributed by atoms with E-state index in [1.54, 1.807) is 6.92 Å². The molecule has 0 bridgehead atoms. The lowest BCUT2D eigenvalue weighted by atomic mass is 9.96. The van der Waals surface area contributed by atoms with E-state index in [4.69, 9.17) is 34.3 Å². The number of carbonyl (C=O) groups excluding carboxylic acids is 1. The van der Waals surface area contributed by atoms with Crippen LogP contribution in [0.2, 0.25) is 0 Å². The molecule has 2 unspecified atom stereocenters. The number of para-hydroxylation sites is 1. The van der Waals surface area contributed by atoms with Gasteiger partial charge in [-0.1, -0.05) is 54.2 Å². The molecule has 3 aromatic rings. The van der Waals surface area contributed by atoms with Crippen LogP contribution in [-0.4, -0.2) is 55.7 Å². The molecular weight excluding hydrogens is 603 g/mol. The predicted octanol–water partition coefficient (Wildman–Crippen LogP) is 7.12. The first-order valence-corrected chi connectivity index (χ1v) is 15.9. The summed E-state index contributed by atoms with van der Waals surface area (Å²) in [6, 6.07) is 17.4. The number of aromatic nitrogens is 1. The number of benzene rings is 2. The number of likely N-dealkylation sites (N-methyl/N-ethyl adjacent to an activating group) is 1. The highest BCUT2D eigenvalue weighted by Crippen LogP contribution is 2.52. The third-order valence-corrected chi connectivity index (χ3v) is 9.55. The topological polar surface area (TPSA) is 95.2 Å². The normalized spacial score (nSPS) is 17.6. The quantitative estimate of drug-likeness (QED) is 0.138. The van der Waals surface area contributed by atoms with Gasteiger partial charge in [0.15, 0.2) is 3.95 Å². The summed E-state index contributed by atoms with van der Waals surface area (Å²) < 4.78 is 7.03. The van der Waals surface area contributed by atoms with Gasteiger partial charge in [-0.15, -0.1) is 0 Å². The number of rotatable bonds is 10. The first kappa shape index (κ1) is 30.7. The summed E-state index contributed by atoms with van der Waals surface area (Å²) in [7, 11) is 0. The Balaban J connectivity index is 1.36. The second-order valence-electron chi connectivity index (χ2n) is 10.3. The maximum absolute atomic E-state index is 13.3. The molecule has 0 spiro atoms. The summed E-state index contributed by atoms with van der Waals surface area (Å²) in [5, 5.41) is 19.8. The molecule has 2 N–H and O–H groups in total. The number of thiocarbonyl (C=S) groups is 1. The Labute approximate surface area is 265 Å². The summed E-state index contributed by atoms with van der Waals surface area (Å²) in [6.07, 6.45) is 8.35. The van der Waals surface area contributed by atoms with Crippen LogP contribution in [0.4, 0.5) is 11.4 Å². The smallest absolute Gasteiger partial charge is 0.323 e. The van der Waals surface area contributed by atoms with E-state index in [1.807, 2.05) is 25.1 Å². The van der Waals surface area contributed by atoms with Crippen LogP contribution < -0.4 is 4.90 Å². The zero-order valence-corrected chi connectivity index (χ0v) is 26.4. The van der Waals surface area contributed by atoms with Crippen LogP contribution in [0.25, 0.3) is 11.8 Å². The van der Waals surface area contributed by atoms with Crippen LogP contribution in [-0.2, 0) is 20.9 Å². The lowest BCUT2D eigenvalue weighted by Gasteiger charge is -2.27. The Kier molecular flexibility index (Phi) is 9.43. The van der Waals surface area contributed by atoms with Crippen LogP contribution in [0.3, 0.4) is 0 Å². The molecule has 0 saturated heterocycles. The number of hydrogen-bond acceptors (Lipinski definition) is 8. The van der Waals surface area contributed by atoms with Crippen molar-refractivity contribution >= 4 is 75.8 Å². The highest BCUT2D eigenvalue weighted by atomic mass is 32.1. The fraction of sp³-hybridized carbons (Fsp3) is 0.312. The van der Waals surface area contributed by atoms with Gasteiger partial charge in [0.05, 0.1) is 6.61 Å². The average molecular weight is 636 g/mol. The fourth-order valence-electron chi connectivity index (χ4n) is 5.93. The second-order valence-corrected chi connectivity index (χ2v) is 12.4. The third kappa shape index (κ3) is 6.29. The Hall–Kier alpha value is -3.80. The Morgan fingerprint density at radius 3 is 2.63 bits per heavy atom. The van der Waals surface area contributed by atoms with E-state index >= 15 is 0 Å². The molecule has 2 atom stereocenters. The van der Waals surface area contributed by atoms with Crippen molar-refractivity contribution in [3.63, 3.8) is 0 Å². The number of aliphatic carboxylic acids is 1. The molecule has 224 valence electrons. The van der Waals surface area contributed by atoms with Gasteiger partial charge in [0.1, 0.15) is 22.2 Å². The van der Waals surface area contributed by atoms with E-state index in [2.05, 4.69) is 41.3 Å². The molecule has 1 aliphatic carbocycles. The molecule has 1 fully saturated rings. The first-order valence-electron chi connectivity index (χ1n) is 14.2. The minimum Gasteiger partial charge on any atom is -0.493 e. The monoisotopic (exact) mass is 635 g/mol. The number of nitrogens with zero attached hydrogens (tertiary/aromatic N) is 3. The van der Waals surface area contributed by atoms with Gasteiger partial charge in [0.2, 0.25) is 5.88 Å². The largest absolute Gasteiger partial charge is 0.493 e. The number of aromatic hydroxyl groups is 1. The molecule has 0 radical (unpaired) electrons. The summed E-state index contributed by atoms with van der Waals surface area (Å²) in [4.78, 5) is 28.9. The number of fused-ring (bicyclic) bond motifs is 3. The second kappa shape index (κ2) is 13.2. The highest BCUT2D eigenvalue weighted by Gasteiger charge is 2.42. The van der Waals surface area contributed by atoms with Crippen molar-refractivity contribution in [2.45, 2.75) is 51.6 Å². The molecule has 1 aromatic heterocycles. The van der Waals surface area contributed by atoms with E-state index in [-0.39, 0.29) is 38.0 Å². The van der Waals surface area contributed by atoms with Gasteiger partial charge in [-0.05, 0) is 80.4 Å². The molecule has 1 saturated carbocycles. The molecule has 2 aliphatic rings. The van der Waals surface area contributed by atoms with Gasteiger partial charge in [-0.25, -0.2) is 0 Å². The molecule has 2 heterocycles. The number of thiazole rings is 1. The minimum atomic E-state index is -1.14. The van der Waals surface area contributed by atoms with E-state index < -0.39 is 12.5 Å². The van der Waals surface area contributed by atoms with Crippen LogP contribution in [0.15, 0.2) is 60.7 Å². The van der Waals surface area contributed by atoms with Crippen molar-refractivity contribution in [1.29, 1.82) is 0 Å². The van der Waals surface area contributed by atoms with Gasteiger partial charge in [0.25, 0.3) is 5.91 Å². The molecule has 8 nitrogen and oxygen atoms in total. The van der Waals surface area contributed by atoms with E-state index in [0.717, 1.165) is 34.3 Å². The van der Waals surface area contributed by atoms with Crippen LogP contribution in [0, 0.1) is 3.95 Å². The maximum atomic E-state index is 13.3. The molecule has 5 rings (SSSR count). The van der Waals surface area contributed by atoms with Crippen molar-refractivity contribution in [2.75, 3.05) is 18.1 Å². The van der Waals surface area contributed by atoms with Crippen molar-refractivity contribution in [3.8, 4) is 5.88 Å². The zero-order valence-electron chi connectivity index (χ0n) is 23.9. The summed E-state index contributed by atoms with van der Waals surface area (Å²) >= 11 is 11.9. The summed E-state index contributed by atoms with van der Waals surface area (Å²) in [5.41, 5.74) is 4.72. The standard InChI is InChI=1S/C32H33N3O5S3/c1-3-33(28(41)18-26(40-4-2)30-31(39)34(19-29(37)38)32(42)43-30)27(36)16-14-20-13-15-25-23(17-20)22-11-8-12-24(22)35(25)21-9-6-5-7-10-21/h5-7,9-10,13-18,22,24,39H,3-4,8,11-12,19H2,1-2H3,(H,37,38)/b16-14+,26-18?. The van der Waals surface area contributed by atoms with Crippen LogP contribution in [0.5, 0.6) is 5.88 Å². The van der Waals surface area contributed by atoms with E-state index in [1.165, 1.54) is 40.4 Å². The lowest BCUT2D eigenvalue weighted by Crippen LogP contribution is -2.33. The van der Waals surface area contributed by atoms with Crippen molar-refractivity contribution < 1.29 is 24.5 Å². The van der Waals surface area contributed by atoms with Gasteiger partial charge >= 0.3 is 5.97 Å². The summed E-state index contributed by atoms with van der Waals surface area (Å²) in [5.74, 6) is -1.05. The minimum absolute atomic E-state index is 0.183. The van der Waals surface area contributed by atoms with Crippen molar-refractivity contribution in [3.05, 3.63) is 80.6 Å². The number of amides is 1. The summed E-state index contributed by atoms with van der Waals surface area (Å²) in [6.45, 7) is 3.70. The number of carboxylic acid groups (broad SMARTS) is 1. The fourth-order valence-corrected chi connectivity index (χ4v) is 7.51. The Morgan fingerprint density at radius 2 is 1.93 bits per heavy atom. The number of anilines is 2. The molecular formula is C32H33N3O5S3. The average Bonchev–Trinajstić information content (AvgIpc) is 3.66. The Morgan fingerprint density at radius 1 is 1.16 bits per heavy atom. The zero-order chi connectivity index (χ0) is 30.7. The number of ether oxygens (including phenoxy) is 1. The molecule has 1 aliphatic heterocycles. The SMILES string of the molecule is CCOC(=CC(=S)N(CC)C(=O)/C=C/c1ccc2c(c1)C1CCCC1N2c1ccccc1)c1sc(=S)n(CC(=O)O)c1O. The number of carboxylic acids is 1. The molecule has 11 heteroatoms. The van der Waals surface area contributed by atoms with Crippen LogP contribution in [0.1, 0.15) is 55.0 Å². The Bertz CT molecular complexity index is 1660. The van der Waals surface area contributed by atoms with Gasteiger partial charge in [-0.3, -0.25) is 19.1 Å². The van der Waals surface area contributed by atoms with Gasteiger partial charge in [0, 0.05) is 42.0 Å². The van der Waals surface area contributed by atoms with E-state index in [0.29, 0.717) is 18.5 Å². The molecule has 43 heavy (non-hydrogen) atoms. The number of carbonyl (C=O) groups is 2.